The van der Waals surface area contributed by atoms with Gasteiger partial charge in [-0.3, -0.25) is 0 Å². The van der Waals surface area contributed by atoms with Crippen molar-refractivity contribution in [3.63, 3.8) is 0 Å². The van der Waals surface area contributed by atoms with E-state index >= 15 is 0 Å². The molecule has 0 bridgehead atoms. The summed E-state index contributed by atoms with van der Waals surface area (Å²) < 4.78 is 10.6. The number of esters is 1. The zero-order chi connectivity index (χ0) is 14.4. The van der Waals surface area contributed by atoms with Gasteiger partial charge in [0.2, 0.25) is 5.88 Å². The molecule has 2 rings (SSSR count). The van der Waals surface area contributed by atoms with Crippen LogP contribution in [-0.4, -0.2) is 41.7 Å². The van der Waals surface area contributed by atoms with E-state index < -0.39 is 0 Å². The Morgan fingerprint density at radius 2 is 2.30 bits per heavy atom. The van der Waals surface area contributed by atoms with E-state index in [1.54, 1.807) is 6.07 Å². The minimum atomic E-state index is -0.246. The number of carbonyl (C=O) groups is 1. The maximum Gasteiger partial charge on any atom is 0.328 e. The van der Waals surface area contributed by atoms with Gasteiger partial charge in [0.05, 0.1) is 13.2 Å². The minimum Gasteiger partial charge on any atom is -0.478 e. The Bertz CT molecular complexity index is 453. The molecule has 1 fully saturated rings. The third-order valence-corrected chi connectivity index (χ3v) is 3.19. The molecule has 1 saturated heterocycles. The molecule has 1 aliphatic rings. The molecule has 0 amide bonds. The van der Waals surface area contributed by atoms with Gasteiger partial charge in [-0.1, -0.05) is 6.92 Å². The maximum atomic E-state index is 11.9. The molecule has 0 N–H and O–H groups in total. The highest BCUT2D eigenvalue weighted by atomic mass is 16.5. The minimum absolute atomic E-state index is 0.181. The smallest absolute Gasteiger partial charge is 0.328 e. The van der Waals surface area contributed by atoms with Crippen LogP contribution in [0.2, 0.25) is 0 Å². The molecule has 110 valence electrons. The van der Waals surface area contributed by atoms with E-state index in [-0.39, 0.29) is 12.0 Å². The zero-order valence-electron chi connectivity index (χ0n) is 12.0. The third-order valence-electron chi connectivity index (χ3n) is 3.19. The number of nitrogens with zero attached hydrogens (tertiary/aromatic N) is 3. The van der Waals surface area contributed by atoms with Gasteiger partial charge < -0.3 is 14.4 Å². The quantitative estimate of drug-likeness (QED) is 0.740. The summed E-state index contributed by atoms with van der Waals surface area (Å²) in [5, 5.41) is 0. The lowest BCUT2D eigenvalue weighted by atomic mass is 10.2. The Labute approximate surface area is 119 Å². The molecule has 0 aliphatic carbocycles. The summed E-state index contributed by atoms with van der Waals surface area (Å²) in [6, 6.07) is 1.54. The van der Waals surface area contributed by atoms with Crippen LogP contribution in [0.1, 0.15) is 33.1 Å². The van der Waals surface area contributed by atoms with Crippen LogP contribution in [0.25, 0.3) is 0 Å². The number of ether oxygens (including phenoxy) is 2. The summed E-state index contributed by atoms with van der Waals surface area (Å²) >= 11 is 0. The van der Waals surface area contributed by atoms with Gasteiger partial charge in [-0.15, -0.1) is 0 Å². The number of hydrogen-bond acceptors (Lipinski definition) is 6. The summed E-state index contributed by atoms with van der Waals surface area (Å²) in [6.07, 6.45) is 4.15. The Kier molecular flexibility index (Phi) is 5.15. The lowest BCUT2D eigenvalue weighted by molar-refractivity contribution is -0.144. The molecule has 1 aliphatic heterocycles. The first kappa shape index (κ1) is 14.6. The van der Waals surface area contributed by atoms with Crippen molar-refractivity contribution in [1.29, 1.82) is 0 Å². The van der Waals surface area contributed by atoms with E-state index in [2.05, 4.69) is 9.97 Å². The Balaban J connectivity index is 2.11. The molecule has 2 heterocycles. The first-order valence-electron chi connectivity index (χ1n) is 7.14. The Morgan fingerprint density at radius 1 is 1.45 bits per heavy atom. The molecule has 1 aromatic heterocycles. The van der Waals surface area contributed by atoms with E-state index in [0.717, 1.165) is 31.6 Å². The Morgan fingerprint density at radius 3 is 3.05 bits per heavy atom. The van der Waals surface area contributed by atoms with Crippen LogP contribution in [0.5, 0.6) is 5.88 Å². The second-order valence-corrected chi connectivity index (χ2v) is 4.67. The van der Waals surface area contributed by atoms with Crippen molar-refractivity contribution in [1.82, 2.24) is 9.97 Å². The molecule has 6 nitrogen and oxygen atoms in total. The summed E-state index contributed by atoms with van der Waals surface area (Å²) in [6.45, 7) is 5.68. The molecule has 0 saturated carbocycles. The summed E-state index contributed by atoms with van der Waals surface area (Å²) in [7, 11) is 0. The van der Waals surface area contributed by atoms with Gasteiger partial charge in [-0.05, 0) is 26.2 Å². The van der Waals surface area contributed by atoms with Crippen molar-refractivity contribution in [3.8, 4) is 5.88 Å². The SMILES string of the molecule is CCCOc1cc(N2CCCC2C(=O)OCC)ncn1. The summed E-state index contributed by atoms with van der Waals surface area (Å²) in [5.74, 6) is 1.09. The molecule has 20 heavy (non-hydrogen) atoms. The normalized spacial score (nSPS) is 18.1. The third kappa shape index (κ3) is 3.37. The highest BCUT2D eigenvalue weighted by Crippen LogP contribution is 2.26. The van der Waals surface area contributed by atoms with Gasteiger partial charge in [-0.25, -0.2) is 14.8 Å². The second-order valence-electron chi connectivity index (χ2n) is 4.67. The number of hydrogen-bond donors (Lipinski definition) is 0. The standard InChI is InChI=1S/C14H21N3O3/c1-3-8-20-13-9-12(15-10-16-13)17-7-5-6-11(17)14(18)19-4-2/h9-11H,3-8H2,1-2H3. The van der Waals surface area contributed by atoms with Crippen molar-refractivity contribution in [2.75, 3.05) is 24.7 Å². The van der Waals surface area contributed by atoms with E-state index in [1.807, 2.05) is 18.7 Å². The van der Waals surface area contributed by atoms with E-state index in [0.29, 0.717) is 19.1 Å². The van der Waals surface area contributed by atoms with E-state index in [9.17, 15) is 4.79 Å². The molecule has 1 aromatic rings. The average molecular weight is 279 g/mol. The molecule has 0 aromatic carbocycles. The number of carbonyl (C=O) groups excluding carboxylic acids is 1. The van der Waals surface area contributed by atoms with Crippen LogP contribution < -0.4 is 9.64 Å². The lowest BCUT2D eigenvalue weighted by Crippen LogP contribution is -2.37. The van der Waals surface area contributed by atoms with Crippen LogP contribution in [0.15, 0.2) is 12.4 Å². The molecule has 0 spiro atoms. The van der Waals surface area contributed by atoms with Gasteiger partial charge in [0.25, 0.3) is 0 Å². The Hall–Kier alpha value is -1.85. The van der Waals surface area contributed by atoms with E-state index in [1.165, 1.54) is 6.33 Å². The van der Waals surface area contributed by atoms with Crippen molar-refractivity contribution in [3.05, 3.63) is 12.4 Å². The second kappa shape index (κ2) is 7.07. The van der Waals surface area contributed by atoms with E-state index in [4.69, 9.17) is 9.47 Å². The molecule has 0 radical (unpaired) electrons. The first-order chi connectivity index (χ1) is 9.76. The average Bonchev–Trinajstić information content (AvgIpc) is 2.95. The van der Waals surface area contributed by atoms with Crippen molar-refractivity contribution in [2.24, 2.45) is 0 Å². The molecule has 1 unspecified atom stereocenters. The summed E-state index contributed by atoms with van der Waals surface area (Å²) in [4.78, 5) is 22.2. The number of aromatic nitrogens is 2. The van der Waals surface area contributed by atoms with Gasteiger partial charge in [0, 0.05) is 12.6 Å². The lowest BCUT2D eigenvalue weighted by Gasteiger charge is -2.24. The monoisotopic (exact) mass is 279 g/mol. The van der Waals surface area contributed by atoms with Crippen molar-refractivity contribution >= 4 is 11.8 Å². The van der Waals surface area contributed by atoms with Crippen LogP contribution in [0.3, 0.4) is 0 Å². The van der Waals surface area contributed by atoms with Gasteiger partial charge in [0.15, 0.2) is 0 Å². The highest BCUT2D eigenvalue weighted by Gasteiger charge is 2.32. The molecular formula is C14H21N3O3. The van der Waals surface area contributed by atoms with Crippen molar-refractivity contribution < 1.29 is 14.3 Å². The fraction of sp³-hybridized carbons (Fsp3) is 0.643. The highest BCUT2D eigenvalue weighted by molar-refractivity contribution is 5.80. The zero-order valence-corrected chi connectivity index (χ0v) is 12.0. The van der Waals surface area contributed by atoms with Gasteiger partial charge in [-0.2, -0.15) is 0 Å². The first-order valence-corrected chi connectivity index (χ1v) is 7.14. The van der Waals surface area contributed by atoms with Gasteiger partial charge in [0.1, 0.15) is 18.2 Å². The fourth-order valence-corrected chi connectivity index (χ4v) is 2.30. The molecular weight excluding hydrogens is 258 g/mol. The van der Waals surface area contributed by atoms with Crippen LogP contribution in [0, 0.1) is 0 Å². The summed E-state index contributed by atoms with van der Waals surface area (Å²) in [5.41, 5.74) is 0. The number of anilines is 1. The maximum absolute atomic E-state index is 11.9. The van der Waals surface area contributed by atoms with Crippen LogP contribution >= 0.6 is 0 Å². The topological polar surface area (TPSA) is 64.5 Å². The molecule has 1 atom stereocenters. The van der Waals surface area contributed by atoms with Gasteiger partial charge >= 0.3 is 5.97 Å². The fourth-order valence-electron chi connectivity index (χ4n) is 2.30. The van der Waals surface area contributed by atoms with Crippen molar-refractivity contribution in [2.45, 2.75) is 39.2 Å². The largest absolute Gasteiger partial charge is 0.478 e. The predicted molar refractivity (Wildman–Crippen MR) is 74.8 cm³/mol. The van der Waals surface area contributed by atoms with Crippen LogP contribution in [-0.2, 0) is 9.53 Å². The number of rotatable bonds is 6. The van der Waals surface area contributed by atoms with Crippen LogP contribution in [0.4, 0.5) is 5.82 Å². The predicted octanol–water partition coefficient (Wildman–Crippen LogP) is 1.80. The molecule has 6 heteroatoms.